The number of hydrazine groups is 1. The van der Waals surface area contributed by atoms with Crippen LogP contribution < -0.4 is 16.2 Å². The number of carbonyl (C=O) groups is 2. The lowest BCUT2D eigenvalue weighted by Gasteiger charge is -2.30. The van der Waals surface area contributed by atoms with Crippen LogP contribution in [0.25, 0.3) is 0 Å². The molecule has 7 heteroatoms. The Morgan fingerprint density at radius 1 is 1.62 bits per heavy atom. The van der Waals surface area contributed by atoms with Crippen LogP contribution in [0.2, 0.25) is 0 Å². The maximum absolute atomic E-state index is 10.6. The first kappa shape index (κ1) is 13.0. The van der Waals surface area contributed by atoms with Crippen molar-refractivity contribution >= 4 is 12.3 Å². The Kier molecular flexibility index (Phi) is 5.33. The first-order valence-corrected chi connectivity index (χ1v) is 5.23. The molecule has 0 aromatic heterocycles. The molecule has 0 aromatic carbocycles. The molecule has 16 heavy (non-hydrogen) atoms. The Bertz CT molecular complexity index is 243. The average molecular weight is 231 g/mol. The maximum Gasteiger partial charge on any atom is 0.305 e. The van der Waals surface area contributed by atoms with Gasteiger partial charge in [0, 0.05) is 6.54 Å². The number of nitrogens with one attached hydrogen (secondary N) is 3. The molecular weight excluding hydrogens is 214 g/mol. The highest BCUT2D eigenvalue weighted by Gasteiger charge is 2.24. The summed E-state index contributed by atoms with van der Waals surface area (Å²) >= 11 is 0. The molecule has 1 aliphatic heterocycles. The summed E-state index contributed by atoms with van der Waals surface area (Å²) in [7, 11) is 0. The molecule has 92 valence electrons. The van der Waals surface area contributed by atoms with Crippen LogP contribution in [0.4, 0.5) is 0 Å². The van der Waals surface area contributed by atoms with Gasteiger partial charge in [0.25, 0.3) is 0 Å². The van der Waals surface area contributed by atoms with Gasteiger partial charge in [-0.2, -0.15) is 0 Å². The Balaban J connectivity index is 2.37. The zero-order valence-electron chi connectivity index (χ0n) is 8.85. The van der Waals surface area contributed by atoms with Gasteiger partial charge in [0.05, 0.1) is 18.5 Å². The Morgan fingerprint density at radius 2 is 2.38 bits per heavy atom. The van der Waals surface area contributed by atoms with Crippen LogP contribution in [-0.2, 0) is 9.59 Å². The van der Waals surface area contributed by atoms with Gasteiger partial charge in [-0.05, 0) is 12.8 Å². The van der Waals surface area contributed by atoms with E-state index in [9.17, 15) is 14.7 Å². The summed E-state index contributed by atoms with van der Waals surface area (Å²) in [6.45, 7) is 0.829. The third-order valence-electron chi connectivity index (χ3n) is 2.43. The molecule has 0 amide bonds. The van der Waals surface area contributed by atoms with E-state index < -0.39 is 18.2 Å². The maximum atomic E-state index is 10.6. The predicted octanol–water partition coefficient (Wildman–Crippen LogP) is -1.81. The van der Waals surface area contributed by atoms with E-state index in [4.69, 9.17) is 5.11 Å². The molecule has 0 aliphatic carbocycles. The average Bonchev–Trinajstić information content (AvgIpc) is 2.28. The van der Waals surface area contributed by atoms with Crippen molar-refractivity contribution in [2.45, 2.75) is 37.6 Å². The summed E-state index contributed by atoms with van der Waals surface area (Å²) in [5, 5.41) is 20.8. The highest BCUT2D eigenvalue weighted by atomic mass is 16.4. The van der Waals surface area contributed by atoms with Gasteiger partial charge in [-0.3, -0.25) is 21.0 Å². The number of aldehydes is 1. The number of hydrogen-bond donors (Lipinski definition) is 5. The summed E-state index contributed by atoms with van der Waals surface area (Å²) in [6, 6.07) is -1.08. The lowest BCUT2D eigenvalue weighted by atomic mass is 10.1. The molecule has 1 saturated heterocycles. The van der Waals surface area contributed by atoms with E-state index in [0.717, 1.165) is 19.4 Å². The molecular formula is C9H17N3O4. The lowest BCUT2D eigenvalue weighted by Crippen LogP contribution is -2.57. The van der Waals surface area contributed by atoms with Crippen molar-refractivity contribution in [3.63, 3.8) is 0 Å². The number of rotatable bonds is 6. The molecule has 1 unspecified atom stereocenters. The predicted molar refractivity (Wildman–Crippen MR) is 55.4 cm³/mol. The van der Waals surface area contributed by atoms with Crippen LogP contribution in [0.3, 0.4) is 0 Å². The van der Waals surface area contributed by atoms with E-state index in [2.05, 4.69) is 16.2 Å². The summed E-state index contributed by atoms with van der Waals surface area (Å²) < 4.78 is 0. The van der Waals surface area contributed by atoms with Crippen molar-refractivity contribution in [2.24, 2.45) is 0 Å². The van der Waals surface area contributed by atoms with Gasteiger partial charge in [-0.1, -0.05) is 0 Å². The Morgan fingerprint density at radius 3 is 2.88 bits per heavy atom. The highest BCUT2D eigenvalue weighted by molar-refractivity contribution is 5.73. The second kappa shape index (κ2) is 6.54. The molecule has 1 aliphatic rings. The van der Waals surface area contributed by atoms with Gasteiger partial charge >= 0.3 is 5.97 Å². The normalized spacial score (nSPS) is 24.7. The van der Waals surface area contributed by atoms with Crippen molar-refractivity contribution in [3.8, 4) is 0 Å². The third-order valence-corrected chi connectivity index (χ3v) is 2.43. The first-order valence-electron chi connectivity index (χ1n) is 5.23. The van der Waals surface area contributed by atoms with E-state index >= 15 is 0 Å². The molecule has 7 nitrogen and oxygen atoms in total. The first-order chi connectivity index (χ1) is 7.63. The Labute approximate surface area is 93.2 Å². The minimum Gasteiger partial charge on any atom is -0.481 e. The fraction of sp³-hybridized carbons (Fsp3) is 0.778. The van der Waals surface area contributed by atoms with Crippen molar-refractivity contribution in [1.82, 2.24) is 16.2 Å². The van der Waals surface area contributed by atoms with Crippen molar-refractivity contribution < 1.29 is 19.8 Å². The fourth-order valence-electron chi connectivity index (χ4n) is 1.59. The summed E-state index contributed by atoms with van der Waals surface area (Å²) in [4.78, 5) is 21.0. The van der Waals surface area contributed by atoms with Crippen molar-refractivity contribution in [2.75, 3.05) is 6.54 Å². The second-order valence-corrected chi connectivity index (χ2v) is 3.77. The number of carbonyl (C=O) groups excluding carboxylic acids is 1. The second-order valence-electron chi connectivity index (χ2n) is 3.77. The highest BCUT2D eigenvalue weighted by Crippen LogP contribution is 2.04. The number of carboxylic acids is 1. The minimum atomic E-state index is -1.08. The number of hydrogen-bond acceptors (Lipinski definition) is 6. The van der Waals surface area contributed by atoms with E-state index in [1.54, 1.807) is 0 Å². The molecule has 3 atom stereocenters. The topological polar surface area (TPSA) is 111 Å². The molecule has 0 saturated carbocycles. The number of carboxylic acid groups (broad SMARTS) is 1. The molecule has 1 fully saturated rings. The van der Waals surface area contributed by atoms with Gasteiger partial charge in [-0.25, -0.2) is 0 Å². The zero-order valence-corrected chi connectivity index (χ0v) is 8.85. The molecule has 1 heterocycles. The van der Waals surface area contributed by atoms with E-state index in [1.165, 1.54) is 0 Å². The number of aliphatic hydroxyl groups is 1. The smallest absolute Gasteiger partial charge is 0.305 e. The van der Waals surface area contributed by atoms with Crippen molar-refractivity contribution in [3.05, 3.63) is 0 Å². The van der Waals surface area contributed by atoms with Crippen molar-refractivity contribution in [1.29, 1.82) is 0 Å². The zero-order chi connectivity index (χ0) is 12.0. The largest absolute Gasteiger partial charge is 0.481 e. The molecule has 5 N–H and O–H groups in total. The van der Waals surface area contributed by atoms with Gasteiger partial charge in [-0.15, -0.1) is 0 Å². The van der Waals surface area contributed by atoms with E-state index in [0.29, 0.717) is 6.29 Å². The van der Waals surface area contributed by atoms with Crippen LogP contribution >= 0.6 is 0 Å². The third kappa shape index (κ3) is 4.23. The van der Waals surface area contributed by atoms with Gasteiger partial charge in [0.2, 0.25) is 0 Å². The molecule has 1 rings (SSSR count). The number of aliphatic carboxylic acids is 1. The van der Waals surface area contributed by atoms with Crippen LogP contribution in [0, 0.1) is 0 Å². The SMILES string of the molecule is O=C[C@H](CC(=O)O)NC(O)[C@@H]1CCCNN1. The van der Waals surface area contributed by atoms with Crippen LogP contribution in [-0.4, -0.2) is 47.3 Å². The minimum absolute atomic E-state index is 0.218. The standard InChI is InChI=1S/C9H17N3O4/c13-5-6(4-8(14)15)11-9(16)7-2-1-3-10-12-7/h5-7,9-12,16H,1-4H2,(H,14,15)/t6-,7-,9?/m0/s1. The molecule has 0 spiro atoms. The summed E-state index contributed by atoms with van der Waals surface area (Å²) in [6.07, 6.45) is 0.900. The quantitative estimate of drug-likeness (QED) is 0.271. The number of aliphatic hydroxyl groups excluding tert-OH is 1. The molecule has 0 radical (unpaired) electrons. The van der Waals surface area contributed by atoms with Crippen LogP contribution in [0.1, 0.15) is 19.3 Å². The van der Waals surface area contributed by atoms with Crippen LogP contribution in [0.15, 0.2) is 0 Å². The molecule has 0 aromatic rings. The van der Waals surface area contributed by atoms with Gasteiger partial charge in [0.1, 0.15) is 12.5 Å². The fourth-order valence-corrected chi connectivity index (χ4v) is 1.59. The summed E-state index contributed by atoms with van der Waals surface area (Å²) in [5.74, 6) is -1.08. The van der Waals surface area contributed by atoms with Gasteiger partial charge < -0.3 is 15.0 Å². The monoisotopic (exact) mass is 231 g/mol. The van der Waals surface area contributed by atoms with E-state index in [1.807, 2.05) is 0 Å². The Hall–Kier alpha value is -1.02. The molecule has 0 bridgehead atoms. The van der Waals surface area contributed by atoms with E-state index in [-0.39, 0.29) is 12.5 Å². The van der Waals surface area contributed by atoms with Crippen LogP contribution in [0.5, 0.6) is 0 Å². The lowest BCUT2D eigenvalue weighted by molar-refractivity contribution is -0.138. The van der Waals surface area contributed by atoms with Gasteiger partial charge in [0.15, 0.2) is 0 Å². The summed E-state index contributed by atoms with van der Waals surface area (Å²) in [5.41, 5.74) is 5.77.